The van der Waals surface area contributed by atoms with Crippen LogP contribution in [0.3, 0.4) is 0 Å². The summed E-state index contributed by atoms with van der Waals surface area (Å²) >= 11 is 0. The molecule has 1 aromatic rings. The lowest BCUT2D eigenvalue weighted by molar-refractivity contribution is 0.385. The molecule has 5 nitrogen and oxygen atoms in total. The van der Waals surface area contributed by atoms with Crippen molar-refractivity contribution < 1.29 is 17.5 Å². The van der Waals surface area contributed by atoms with Gasteiger partial charge in [0.05, 0.1) is 12.0 Å². The van der Waals surface area contributed by atoms with Crippen LogP contribution in [0.4, 0.5) is 4.39 Å². The van der Waals surface area contributed by atoms with Crippen LogP contribution in [0.25, 0.3) is 0 Å². The number of ether oxygens (including phenoxy) is 1. The molecule has 1 aliphatic heterocycles. The number of sulfonamides is 1. The summed E-state index contributed by atoms with van der Waals surface area (Å²) in [6, 6.07) is 3.75. The molecule has 1 heterocycles. The Hall–Kier alpha value is -1.18. The van der Waals surface area contributed by atoms with Crippen LogP contribution in [0.15, 0.2) is 23.1 Å². The Morgan fingerprint density at radius 1 is 1.45 bits per heavy atom. The molecule has 2 N–H and O–H groups in total. The molecule has 0 unspecified atom stereocenters. The summed E-state index contributed by atoms with van der Waals surface area (Å²) in [5.41, 5.74) is 0. The lowest BCUT2D eigenvalue weighted by Gasteiger charge is -2.23. The third-order valence-corrected chi connectivity index (χ3v) is 4.79. The topological polar surface area (TPSA) is 67.4 Å². The maximum Gasteiger partial charge on any atom is 0.240 e. The molecule has 112 valence electrons. The predicted molar refractivity (Wildman–Crippen MR) is 73.8 cm³/mol. The van der Waals surface area contributed by atoms with E-state index >= 15 is 0 Å². The van der Waals surface area contributed by atoms with Gasteiger partial charge in [-0.1, -0.05) is 6.42 Å². The van der Waals surface area contributed by atoms with Gasteiger partial charge in [-0.05, 0) is 37.6 Å². The van der Waals surface area contributed by atoms with E-state index in [-0.39, 0.29) is 16.7 Å². The van der Waals surface area contributed by atoms with Crippen molar-refractivity contribution >= 4 is 10.0 Å². The molecule has 7 heteroatoms. The van der Waals surface area contributed by atoms with E-state index in [2.05, 4.69) is 10.0 Å². The van der Waals surface area contributed by atoms with Crippen molar-refractivity contribution in [3.05, 3.63) is 24.0 Å². The van der Waals surface area contributed by atoms with Gasteiger partial charge in [0.25, 0.3) is 0 Å². The van der Waals surface area contributed by atoms with E-state index in [1.165, 1.54) is 19.2 Å². The van der Waals surface area contributed by atoms with Gasteiger partial charge in [-0.3, -0.25) is 0 Å². The molecule has 1 aliphatic rings. The van der Waals surface area contributed by atoms with E-state index in [1.54, 1.807) is 0 Å². The fourth-order valence-electron chi connectivity index (χ4n) is 2.21. The van der Waals surface area contributed by atoms with Crippen LogP contribution in [0, 0.1) is 5.82 Å². The highest BCUT2D eigenvalue weighted by molar-refractivity contribution is 7.89. The summed E-state index contributed by atoms with van der Waals surface area (Å²) in [7, 11) is -2.36. The lowest BCUT2D eigenvalue weighted by Crippen LogP contribution is -2.43. The summed E-state index contributed by atoms with van der Waals surface area (Å²) in [6.07, 6.45) is 3.16. The molecule has 0 spiro atoms. The molecule has 1 fully saturated rings. The largest absolute Gasteiger partial charge is 0.494 e. The van der Waals surface area contributed by atoms with Crippen molar-refractivity contribution in [1.29, 1.82) is 0 Å². The normalized spacial score (nSPS) is 19.8. The number of piperidine rings is 1. The third kappa shape index (κ3) is 3.68. The van der Waals surface area contributed by atoms with Crippen LogP contribution in [0.1, 0.15) is 19.3 Å². The zero-order chi connectivity index (χ0) is 14.6. The SMILES string of the molecule is COc1ccc(S(=O)(=O)NC[C@@H]2CCCCN2)cc1F. The minimum absolute atomic E-state index is 0.0258. The average molecular weight is 302 g/mol. The van der Waals surface area contributed by atoms with Gasteiger partial charge in [0.1, 0.15) is 0 Å². The van der Waals surface area contributed by atoms with Gasteiger partial charge in [0, 0.05) is 12.6 Å². The molecule has 0 amide bonds. The Labute approximate surface area is 118 Å². The molecule has 2 rings (SSSR count). The van der Waals surface area contributed by atoms with Crippen molar-refractivity contribution in [3.63, 3.8) is 0 Å². The Balaban J connectivity index is 2.04. The van der Waals surface area contributed by atoms with Crippen molar-refractivity contribution in [2.75, 3.05) is 20.2 Å². The quantitative estimate of drug-likeness (QED) is 0.859. The fourth-order valence-corrected chi connectivity index (χ4v) is 3.30. The minimum Gasteiger partial charge on any atom is -0.494 e. The predicted octanol–water partition coefficient (Wildman–Crippen LogP) is 1.25. The smallest absolute Gasteiger partial charge is 0.240 e. The highest BCUT2D eigenvalue weighted by atomic mass is 32.2. The second kappa shape index (κ2) is 6.51. The van der Waals surface area contributed by atoms with Crippen molar-refractivity contribution in [2.24, 2.45) is 0 Å². The second-order valence-corrected chi connectivity index (χ2v) is 6.56. The molecule has 0 bridgehead atoms. The maximum absolute atomic E-state index is 13.5. The molecule has 0 aromatic heterocycles. The molecule has 0 radical (unpaired) electrons. The van der Waals surface area contributed by atoms with Crippen LogP contribution >= 0.6 is 0 Å². The van der Waals surface area contributed by atoms with Crippen LogP contribution in [-0.4, -0.2) is 34.7 Å². The van der Waals surface area contributed by atoms with Crippen LogP contribution < -0.4 is 14.8 Å². The molecular formula is C13H19FN2O3S. The number of rotatable bonds is 5. The Kier molecular flexibility index (Phi) is 4.95. The summed E-state index contributed by atoms with van der Waals surface area (Å²) < 4.78 is 45.0. The first-order valence-electron chi connectivity index (χ1n) is 6.59. The van der Waals surface area contributed by atoms with Crippen LogP contribution in [0.2, 0.25) is 0 Å². The number of hydrogen-bond acceptors (Lipinski definition) is 4. The number of methoxy groups -OCH3 is 1. The molecule has 20 heavy (non-hydrogen) atoms. The molecular weight excluding hydrogens is 283 g/mol. The van der Waals surface area contributed by atoms with Crippen molar-refractivity contribution in [1.82, 2.24) is 10.0 Å². The number of nitrogens with one attached hydrogen (secondary N) is 2. The summed E-state index contributed by atoms with van der Waals surface area (Å²) in [6.45, 7) is 1.22. The highest BCUT2D eigenvalue weighted by Crippen LogP contribution is 2.20. The first kappa shape index (κ1) is 15.2. The Bertz CT molecular complexity index is 557. The summed E-state index contributed by atoms with van der Waals surface area (Å²) in [5.74, 6) is -0.663. The second-order valence-electron chi connectivity index (χ2n) is 4.80. The van der Waals surface area contributed by atoms with E-state index in [9.17, 15) is 12.8 Å². The summed E-state index contributed by atoms with van der Waals surface area (Å²) in [4.78, 5) is -0.0911. The van der Waals surface area contributed by atoms with E-state index < -0.39 is 15.8 Å². The standard InChI is InChI=1S/C13H19FN2O3S/c1-19-13-6-5-11(8-12(13)14)20(17,18)16-9-10-4-2-3-7-15-10/h5-6,8,10,15-16H,2-4,7,9H2,1H3/t10-/m0/s1. The molecule has 1 saturated heterocycles. The highest BCUT2D eigenvalue weighted by Gasteiger charge is 2.19. The zero-order valence-electron chi connectivity index (χ0n) is 11.4. The van der Waals surface area contributed by atoms with Gasteiger partial charge in [0.15, 0.2) is 11.6 Å². The Morgan fingerprint density at radius 2 is 2.25 bits per heavy atom. The number of benzene rings is 1. The van der Waals surface area contributed by atoms with Crippen LogP contribution in [0.5, 0.6) is 5.75 Å². The van der Waals surface area contributed by atoms with Gasteiger partial charge in [-0.2, -0.15) is 0 Å². The first-order chi connectivity index (χ1) is 9.53. The minimum atomic E-state index is -3.69. The summed E-state index contributed by atoms with van der Waals surface area (Å²) in [5, 5.41) is 3.25. The van der Waals surface area contributed by atoms with E-state index in [0.717, 1.165) is 31.9 Å². The van der Waals surface area contributed by atoms with Gasteiger partial charge < -0.3 is 10.1 Å². The monoisotopic (exact) mass is 302 g/mol. The van der Waals surface area contributed by atoms with Gasteiger partial charge in [0.2, 0.25) is 10.0 Å². The molecule has 1 aromatic carbocycles. The van der Waals surface area contributed by atoms with E-state index in [4.69, 9.17) is 4.74 Å². The maximum atomic E-state index is 13.5. The van der Waals surface area contributed by atoms with Gasteiger partial charge >= 0.3 is 0 Å². The fraction of sp³-hybridized carbons (Fsp3) is 0.538. The molecule has 1 atom stereocenters. The third-order valence-electron chi connectivity index (χ3n) is 3.37. The Morgan fingerprint density at radius 3 is 2.85 bits per heavy atom. The van der Waals surface area contributed by atoms with Crippen molar-refractivity contribution in [3.8, 4) is 5.75 Å². The number of halogens is 1. The first-order valence-corrected chi connectivity index (χ1v) is 8.08. The lowest BCUT2D eigenvalue weighted by atomic mass is 10.1. The van der Waals surface area contributed by atoms with Gasteiger partial charge in [-0.25, -0.2) is 17.5 Å². The van der Waals surface area contributed by atoms with Crippen molar-refractivity contribution in [2.45, 2.75) is 30.2 Å². The molecule has 0 aliphatic carbocycles. The van der Waals surface area contributed by atoms with Crippen LogP contribution in [-0.2, 0) is 10.0 Å². The number of hydrogen-bond donors (Lipinski definition) is 2. The zero-order valence-corrected chi connectivity index (χ0v) is 12.2. The molecule has 0 saturated carbocycles. The van der Waals surface area contributed by atoms with E-state index in [1.807, 2.05) is 0 Å². The van der Waals surface area contributed by atoms with Gasteiger partial charge in [-0.15, -0.1) is 0 Å². The average Bonchev–Trinajstić information content (AvgIpc) is 2.46. The van der Waals surface area contributed by atoms with E-state index in [0.29, 0.717) is 6.54 Å².